The maximum absolute atomic E-state index is 12.2. The van der Waals surface area contributed by atoms with Crippen molar-refractivity contribution >= 4 is 15.9 Å². The molecule has 0 unspecified atom stereocenters. The standard InChI is InChI=1S/C15H24N2O4S/c1-4-16-15(18)14-11-13(8-7-12(14)3)22(19,20)17-9-6-10-21-5-2/h7-8,11,17H,4-6,9-10H2,1-3H3,(H,16,18). The monoisotopic (exact) mass is 328 g/mol. The zero-order valence-electron chi connectivity index (χ0n) is 13.3. The van der Waals surface area contributed by atoms with Crippen LogP contribution in [0.4, 0.5) is 0 Å². The van der Waals surface area contributed by atoms with E-state index in [-0.39, 0.29) is 10.8 Å². The Hall–Kier alpha value is -1.44. The highest BCUT2D eigenvalue weighted by Gasteiger charge is 2.17. The minimum absolute atomic E-state index is 0.0933. The Bertz CT molecular complexity index is 600. The van der Waals surface area contributed by atoms with Gasteiger partial charge in [-0.2, -0.15) is 0 Å². The summed E-state index contributed by atoms with van der Waals surface area (Å²) >= 11 is 0. The Morgan fingerprint density at radius 3 is 2.64 bits per heavy atom. The highest BCUT2D eigenvalue weighted by molar-refractivity contribution is 7.89. The van der Waals surface area contributed by atoms with E-state index in [1.54, 1.807) is 13.0 Å². The Morgan fingerprint density at radius 1 is 1.27 bits per heavy atom. The number of ether oxygens (including phenoxy) is 1. The van der Waals surface area contributed by atoms with Gasteiger partial charge in [0.15, 0.2) is 0 Å². The minimum atomic E-state index is -3.62. The Labute approximate surface area is 132 Å². The van der Waals surface area contributed by atoms with Crippen molar-refractivity contribution in [3.63, 3.8) is 0 Å². The minimum Gasteiger partial charge on any atom is -0.382 e. The van der Waals surface area contributed by atoms with Gasteiger partial charge in [0.25, 0.3) is 5.91 Å². The lowest BCUT2D eigenvalue weighted by Gasteiger charge is -2.10. The van der Waals surface area contributed by atoms with Crippen molar-refractivity contribution in [1.82, 2.24) is 10.0 Å². The van der Waals surface area contributed by atoms with E-state index < -0.39 is 10.0 Å². The third-order valence-electron chi connectivity index (χ3n) is 3.06. The molecule has 0 saturated heterocycles. The van der Waals surface area contributed by atoms with Crippen molar-refractivity contribution < 1.29 is 17.9 Å². The van der Waals surface area contributed by atoms with Crippen molar-refractivity contribution in [3.8, 4) is 0 Å². The van der Waals surface area contributed by atoms with Crippen molar-refractivity contribution in [1.29, 1.82) is 0 Å². The molecule has 0 saturated carbocycles. The molecule has 0 spiro atoms. The van der Waals surface area contributed by atoms with Gasteiger partial charge < -0.3 is 10.1 Å². The summed E-state index contributed by atoms with van der Waals surface area (Å²) in [6.45, 7) is 7.39. The molecule has 6 nitrogen and oxygen atoms in total. The first-order valence-corrected chi connectivity index (χ1v) is 8.87. The zero-order valence-corrected chi connectivity index (χ0v) is 14.1. The third-order valence-corrected chi connectivity index (χ3v) is 4.52. The summed E-state index contributed by atoms with van der Waals surface area (Å²) in [7, 11) is -3.62. The first kappa shape index (κ1) is 18.6. The lowest BCUT2D eigenvalue weighted by atomic mass is 10.1. The van der Waals surface area contributed by atoms with Crippen molar-refractivity contribution in [2.75, 3.05) is 26.3 Å². The number of carbonyl (C=O) groups excluding carboxylic acids is 1. The molecule has 124 valence electrons. The smallest absolute Gasteiger partial charge is 0.251 e. The number of carbonyl (C=O) groups is 1. The van der Waals surface area contributed by atoms with Gasteiger partial charge in [-0.1, -0.05) is 6.07 Å². The molecule has 0 aromatic heterocycles. The second kappa shape index (κ2) is 8.87. The van der Waals surface area contributed by atoms with Crippen LogP contribution in [0.5, 0.6) is 0 Å². The molecule has 1 aromatic rings. The van der Waals surface area contributed by atoms with Crippen LogP contribution >= 0.6 is 0 Å². The molecule has 0 bridgehead atoms. The highest BCUT2D eigenvalue weighted by atomic mass is 32.2. The van der Waals surface area contributed by atoms with Crippen LogP contribution in [0.15, 0.2) is 23.1 Å². The number of sulfonamides is 1. The van der Waals surface area contributed by atoms with E-state index in [2.05, 4.69) is 10.0 Å². The van der Waals surface area contributed by atoms with E-state index in [0.29, 0.717) is 38.3 Å². The van der Waals surface area contributed by atoms with Crippen LogP contribution in [0.1, 0.15) is 36.2 Å². The van der Waals surface area contributed by atoms with E-state index >= 15 is 0 Å². The lowest BCUT2D eigenvalue weighted by Crippen LogP contribution is -2.27. The highest BCUT2D eigenvalue weighted by Crippen LogP contribution is 2.15. The third kappa shape index (κ3) is 5.40. The van der Waals surface area contributed by atoms with Gasteiger partial charge in [0.1, 0.15) is 0 Å². The molecule has 0 radical (unpaired) electrons. The van der Waals surface area contributed by atoms with Gasteiger partial charge in [0, 0.05) is 31.9 Å². The summed E-state index contributed by atoms with van der Waals surface area (Å²) in [5.41, 5.74) is 1.11. The second-order valence-corrected chi connectivity index (χ2v) is 6.55. The molecule has 0 aliphatic rings. The number of hydrogen-bond acceptors (Lipinski definition) is 4. The van der Waals surface area contributed by atoms with Gasteiger partial charge in [-0.15, -0.1) is 0 Å². The molecule has 0 fully saturated rings. The van der Waals surface area contributed by atoms with E-state index in [9.17, 15) is 13.2 Å². The zero-order chi connectivity index (χ0) is 16.6. The SMILES string of the molecule is CCNC(=O)c1cc(S(=O)(=O)NCCCOCC)ccc1C. The predicted octanol–water partition coefficient (Wildman–Crippen LogP) is 1.45. The van der Waals surface area contributed by atoms with Crippen LogP contribution in [0.25, 0.3) is 0 Å². The van der Waals surface area contributed by atoms with Gasteiger partial charge in [-0.3, -0.25) is 4.79 Å². The summed E-state index contributed by atoms with van der Waals surface area (Å²) in [5, 5.41) is 2.68. The molecule has 1 amide bonds. The van der Waals surface area contributed by atoms with Crippen LogP contribution in [0.2, 0.25) is 0 Å². The predicted molar refractivity (Wildman–Crippen MR) is 85.5 cm³/mol. The number of nitrogens with one attached hydrogen (secondary N) is 2. The molecule has 1 aromatic carbocycles. The quantitative estimate of drug-likeness (QED) is 0.672. The molecule has 22 heavy (non-hydrogen) atoms. The summed E-state index contributed by atoms with van der Waals surface area (Å²) < 4.78 is 32.1. The number of hydrogen-bond donors (Lipinski definition) is 2. The number of rotatable bonds is 9. The van der Waals surface area contributed by atoms with Crippen LogP contribution in [-0.2, 0) is 14.8 Å². The topological polar surface area (TPSA) is 84.5 Å². The lowest BCUT2D eigenvalue weighted by molar-refractivity contribution is 0.0955. The van der Waals surface area contributed by atoms with Crippen LogP contribution in [-0.4, -0.2) is 40.6 Å². The molecular weight excluding hydrogens is 304 g/mol. The molecule has 0 heterocycles. The summed E-state index contributed by atoms with van der Waals surface area (Å²) in [5.74, 6) is -0.270. The number of aryl methyl sites for hydroxylation is 1. The fraction of sp³-hybridized carbons (Fsp3) is 0.533. The molecule has 1 rings (SSSR count). The Balaban J connectivity index is 2.82. The molecule has 0 aliphatic heterocycles. The molecule has 0 atom stereocenters. The van der Waals surface area contributed by atoms with E-state index in [1.165, 1.54) is 12.1 Å². The van der Waals surface area contributed by atoms with Crippen LogP contribution in [0, 0.1) is 6.92 Å². The maximum atomic E-state index is 12.2. The Morgan fingerprint density at radius 2 is 2.00 bits per heavy atom. The van der Waals surface area contributed by atoms with E-state index in [0.717, 1.165) is 5.56 Å². The molecule has 2 N–H and O–H groups in total. The first-order valence-electron chi connectivity index (χ1n) is 7.38. The number of amides is 1. The summed E-state index contributed by atoms with van der Waals surface area (Å²) in [6.07, 6.45) is 0.599. The van der Waals surface area contributed by atoms with E-state index in [4.69, 9.17) is 4.74 Å². The van der Waals surface area contributed by atoms with E-state index in [1.807, 2.05) is 13.8 Å². The Kier molecular flexibility index (Phi) is 7.50. The van der Waals surface area contributed by atoms with Gasteiger partial charge in [0.05, 0.1) is 4.90 Å². The normalized spacial score (nSPS) is 11.4. The van der Waals surface area contributed by atoms with Gasteiger partial charge in [0.2, 0.25) is 10.0 Å². The van der Waals surface area contributed by atoms with Crippen LogP contribution in [0.3, 0.4) is 0 Å². The average molecular weight is 328 g/mol. The molecule has 0 aliphatic carbocycles. The van der Waals surface area contributed by atoms with Gasteiger partial charge in [-0.25, -0.2) is 13.1 Å². The largest absolute Gasteiger partial charge is 0.382 e. The van der Waals surface area contributed by atoms with Gasteiger partial charge in [-0.05, 0) is 44.9 Å². The van der Waals surface area contributed by atoms with Crippen molar-refractivity contribution in [3.05, 3.63) is 29.3 Å². The van der Waals surface area contributed by atoms with Crippen LogP contribution < -0.4 is 10.0 Å². The first-order chi connectivity index (χ1) is 10.4. The average Bonchev–Trinajstić information content (AvgIpc) is 2.47. The fourth-order valence-electron chi connectivity index (χ4n) is 1.88. The van der Waals surface area contributed by atoms with Gasteiger partial charge >= 0.3 is 0 Å². The molecule has 7 heteroatoms. The fourth-order valence-corrected chi connectivity index (χ4v) is 2.98. The summed E-state index contributed by atoms with van der Waals surface area (Å²) in [4.78, 5) is 12.0. The molecular formula is C15H24N2O4S. The maximum Gasteiger partial charge on any atom is 0.251 e. The number of benzene rings is 1. The van der Waals surface area contributed by atoms with Crippen molar-refractivity contribution in [2.45, 2.75) is 32.1 Å². The second-order valence-electron chi connectivity index (χ2n) is 4.78. The van der Waals surface area contributed by atoms with Crippen molar-refractivity contribution in [2.24, 2.45) is 0 Å². The summed E-state index contributed by atoms with van der Waals surface area (Å²) in [6, 6.07) is 4.55.